The molecule has 1 N–H and O–H groups in total. The zero-order chi connectivity index (χ0) is 12.7. The lowest BCUT2D eigenvalue weighted by Crippen LogP contribution is -2.29. The normalized spacial score (nSPS) is 10.1. The fourth-order valence-electron chi connectivity index (χ4n) is 1.17. The Balaban J connectivity index is 2.34. The van der Waals surface area contributed by atoms with Gasteiger partial charge in [0.15, 0.2) is 6.61 Å². The lowest BCUT2D eigenvalue weighted by molar-refractivity contribution is -0.123. The second-order valence-corrected chi connectivity index (χ2v) is 3.98. The molecule has 1 aromatic carbocycles. The summed E-state index contributed by atoms with van der Waals surface area (Å²) >= 11 is 5.58. The number of ether oxygens (including phenoxy) is 1. The molecule has 0 aliphatic carbocycles. The van der Waals surface area contributed by atoms with E-state index < -0.39 is 5.82 Å². The number of benzene rings is 1. The third kappa shape index (κ3) is 5.04. The smallest absolute Gasteiger partial charge is 0.257 e. The molecule has 1 aromatic rings. The van der Waals surface area contributed by atoms with Crippen LogP contribution in [0.2, 0.25) is 5.02 Å². The Labute approximate surface area is 105 Å². The SMILES string of the molecule is CCCCNC(=O)COc1ccc(F)c(Cl)c1. The van der Waals surface area contributed by atoms with Crippen LogP contribution in [0.3, 0.4) is 0 Å². The summed E-state index contributed by atoms with van der Waals surface area (Å²) in [7, 11) is 0. The standard InChI is InChI=1S/C12H15ClFNO2/c1-2-3-6-15-12(16)8-17-9-4-5-11(14)10(13)7-9/h4-5,7H,2-3,6,8H2,1H3,(H,15,16). The Morgan fingerprint density at radius 2 is 2.29 bits per heavy atom. The van der Waals surface area contributed by atoms with Gasteiger partial charge in [-0.15, -0.1) is 0 Å². The molecule has 0 aliphatic heterocycles. The van der Waals surface area contributed by atoms with E-state index in [-0.39, 0.29) is 17.5 Å². The predicted octanol–water partition coefficient (Wildman–Crippen LogP) is 2.77. The van der Waals surface area contributed by atoms with Gasteiger partial charge >= 0.3 is 0 Å². The molecule has 0 saturated carbocycles. The van der Waals surface area contributed by atoms with Crippen molar-refractivity contribution in [2.24, 2.45) is 0 Å². The number of carbonyl (C=O) groups excluding carboxylic acids is 1. The van der Waals surface area contributed by atoms with Gasteiger partial charge in [-0.25, -0.2) is 4.39 Å². The van der Waals surface area contributed by atoms with Crippen molar-refractivity contribution in [3.63, 3.8) is 0 Å². The van der Waals surface area contributed by atoms with Gasteiger partial charge in [-0.05, 0) is 18.6 Å². The van der Waals surface area contributed by atoms with E-state index in [9.17, 15) is 9.18 Å². The fraction of sp³-hybridized carbons (Fsp3) is 0.417. The van der Waals surface area contributed by atoms with Gasteiger partial charge in [-0.3, -0.25) is 4.79 Å². The van der Waals surface area contributed by atoms with Crippen LogP contribution in [-0.2, 0) is 4.79 Å². The quantitative estimate of drug-likeness (QED) is 0.798. The first-order chi connectivity index (χ1) is 8.13. The molecule has 0 saturated heterocycles. The first kappa shape index (κ1) is 13.8. The zero-order valence-electron chi connectivity index (χ0n) is 9.63. The third-order valence-electron chi connectivity index (χ3n) is 2.11. The lowest BCUT2D eigenvalue weighted by Gasteiger charge is -2.07. The second kappa shape index (κ2) is 7.12. The van der Waals surface area contributed by atoms with Crippen molar-refractivity contribution in [1.82, 2.24) is 5.32 Å². The lowest BCUT2D eigenvalue weighted by atomic mass is 10.3. The number of hydrogen-bond acceptors (Lipinski definition) is 2. The first-order valence-electron chi connectivity index (χ1n) is 5.48. The zero-order valence-corrected chi connectivity index (χ0v) is 10.4. The second-order valence-electron chi connectivity index (χ2n) is 3.57. The molecule has 1 rings (SSSR count). The highest BCUT2D eigenvalue weighted by atomic mass is 35.5. The molecule has 5 heteroatoms. The van der Waals surface area contributed by atoms with E-state index in [0.29, 0.717) is 12.3 Å². The van der Waals surface area contributed by atoms with Crippen molar-refractivity contribution in [2.75, 3.05) is 13.2 Å². The predicted molar refractivity (Wildman–Crippen MR) is 64.8 cm³/mol. The number of amides is 1. The number of hydrogen-bond donors (Lipinski definition) is 1. The minimum absolute atomic E-state index is 0.0195. The van der Waals surface area contributed by atoms with Crippen molar-refractivity contribution < 1.29 is 13.9 Å². The average Bonchev–Trinajstić information content (AvgIpc) is 2.31. The van der Waals surface area contributed by atoms with Crippen LogP contribution >= 0.6 is 11.6 Å². The highest BCUT2D eigenvalue weighted by Gasteiger charge is 2.04. The number of unbranched alkanes of at least 4 members (excludes halogenated alkanes) is 1. The summed E-state index contributed by atoms with van der Waals surface area (Å²) < 4.78 is 18.0. The van der Waals surface area contributed by atoms with E-state index in [2.05, 4.69) is 5.32 Å². The molecule has 0 bridgehead atoms. The molecular weight excluding hydrogens is 245 g/mol. The van der Waals surface area contributed by atoms with Crippen LogP contribution in [0.15, 0.2) is 18.2 Å². The summed E-state index contributed by atoms with van der Waals surface area (Å²) in [6.07, 6.45) is 1.96. The molecule has 0 spiro atoms. The topological polar surface area (TPSA) is 38.3 Å². The monoisotopic (exact) mass is 259 g/mol. The highest BCUT2D eigenvalue weighted by Crippen LogP contribution is 2.20. The van der Waals surface area contributed by atoms with Crippen LogP contribution in [0.5, 0.6) is 5.75 Å². The van der Waals surface area contributed by atoms with Crippen LogP contribution < -0.4 is 10.1 Å². The van der Waals surface area contributed by atoms with E-state index in [1.807, 2.05) is 6.92 Å². The van der Waals surface area contributed by atoms with Gasteiger partial charge in [0.1, 0.15) is 11.6 Å². The molecule has 0 unspecified atom stereocenters. The van der Waals surface area contributed by atoms with Crippen LogP contribution in [-0.4, -0.2) is 19.1 Å². The minimum atomic E-state index is -0.508. The summed E-state index contributed by atoms with van der Waals surface area (Å²) in [4.78, 5) is 11.3. The summed E-state index contributed by atoms with van der Waals surface area (Å²) in [5.74, 6) is -0.327. The van der Waals surface area contributed by atoms with E-state index in [1.54, 1.807) is 0 Å². The number of carbonyl (C=O) groups is 1. The maximum atomic E-state index is 12.8. The summed E-state index contributed by atoms with van der Waals surface area (Å²) in [5, 5.41) is 2.69. The molecule has 0 aliphatic rings. The van der Waals surface area contributed by atoms with E-state index >= 15 is 0 Å². The molecule has 0 atom stereocenters. The Morgan fingerprint density at radius 1 is 1.53 bits per heavy atom. The molecule has 0 aromatic heterocycles. The Hall–Kier alpha value is -1.29. The van der Waals surface area contributed by atoms with Crippen LogP contribution in [0, 0.1) is 5.82 Å². The van der Waals surface area contributed by atoms with Gasteiger partial charge in [0.2, 0.25) is 0 Å². The summed E-state index contributed by atoms with van der Waals surface area (Å²) in [6, 6.07) is 3.98. The number of nitrogens with one attached hydrogen (secondary N) is 1. The molecule has 0 heterocycles. The van der Waals surface area contributed by atoms with Crippen molar-refractivity contribution in [2.45, 2.75) is 19.8 Å². The molecule has 3 nitrogen and oxygen atoms in total. The highest BCUT2D eigenvalue weighted by molar-refractivity contribution is 6.30. The fourth-order valence-corrected chi connectivity index (χ4v) is 1.34. The number of halogens is 2. The van der Waals surface area contributed by atoms with Crippen LogP contribution in [0.1, 0.15) is 19.8 Å². The maximum absolute atomic E-state index is 12.8. The minimum Gasteiger partial charge on any atom is -0.484 e. The van der Waals surface area contributed by atoms with Crippen molar-refractivity contribution >= 4 is 17.5 Å². The van der Waals surface area contributed by atoms with Gasteiger partial charge in [0, 0.05) is 12.6 Å². The summed E-state index contributed by atoms with van der Waals surface area (Å²) in [5.41, 5.74) is 0. The van der Waals surface area contributed by atoms with Gasteiger partial charge < -0.3 is 10.1 Å². The molecule has 17 heavy (non-hydrogen) atoms. The maximum Gasteiger partial charge on any atom is 0.257 e. The van der Waals surface area contributed by atoms with Gasteiger partial charge in [0.25, 0.3) is 5.91 Å². The van der Waals surface area contributed by atoms with Crippen molar-refractivity contribution in [1.29, 1.82) is 0 Å². The van der Waals surface area contributed by atoms with E-state index in [1.165, 1.54) is 18.2 Å². The van der Waals surface area contributed by atoms with E-state index in [4.69, 9.17) is 16.3 Å². The molecule has 0 fully saturated rings. The van der Waals surface area contributed by atoms with Gasteiger partial charge in [0.05, 0.1) is 5.02 Å². The summed E-state index contributed by atoms with van der Waals surface area (Å²) in [6.45, 7) is 2.59. The number of rotatable bonds is 6. The van der Waals surface area contributed by atoms with Crippen molar-refractivity contribution in [3.8, 4) is 5.75 Å². The molecular formula is C12H15ClFNO2. The van der Waals surface area contributed by atoms with Gasteiger partial charge in [-0.2, -0.15) is 0 Å². The van der Waals surface area contributed by atoms with Crippen LogP contribution in [0.4, 0.5) is 4.39 Å². The van der Waals surface area contributed by atoms with Gasteiger partial charge in [-0.1, -0.05) is 24.9 Å². The largest absolute Gasteiger partial charge is 0.484 e. The first-order valence-corrected chi connectivity index (χ1v) is 5.86. The average molecular weight is 260 g/mol. The molecule has 0 radical (unpaired) electrons. The van der Waals surface area contributed by atoms with Crippen molar-refractivity contribution in [3.05, 3.63) is 29.0 Å². The van der Waals surface area contributed by atoms with E-state index in [0.717, 1.165) is 12.8 Å². The Bertz CT molecular complexity index is 385. The van der Waals surface area contributed by atoms with Crippen LogP contribution in [0.25, 0.3) is 0 Å². The molecule has 94 valence electrons. The Morgan fingerprint density at radius 3 is 2.94 bits per heavy atom. The molecule has 1 amide bonds. The third-order valence-corrected chi connectivity index (χ3v) is 2.40. The Kier molecular flexibility index (Phi) is 5.77.